The van der Waals surface area contributed by atoms with Crippen LogP contribution < -0.4 is 5.56 Å². The predicted molar refractivity (Wildman–Crippen MR) is 160 cm³/mol. The number of piperidine rings is 1. The average Bonchev–Trinajstić information content (AvgIpc) is 3.44. The van der Waals surface area contributed by atoms with Gasteiger partial charge in [-0.15, -0.1) is 5.10 Å². The molecule has 2 aromatic heterocycles. The van der Waals surface area contributed by atoms with Crippen LogP contribution >= 0.6 is 0 Å². The summed E-state index contributed by atoms with van der Waals surface area (Å²) in [6.45, 7) is 0.891. The molecule has 2 aliphatic rings. The summed E-state index contributed by atoms with van der Waals surface area (Å²) in [5.41, 5.74) is 1.17. The van der Waals surface area contributed by atoms with Crippen molar-refractivity contribution in [3.8, 4) is 0 Å². The van der Waals surface area contributed by atoms with E-state index in [1.807, 2.05) is 30.3 Å². The molecule has 14 heteroatoms. The molecule has 1 aliphatic heterocycles. The molecule has 0 atom stereocenters. The summed E-state index contributed by atoms with van der Waals surface area (Å²) >= 11 is 0. The molecule has 228 valence electrons. The van der Waals surface area contributed by atoms with Gasteiger partial charge in [0.25, 0.3) is 5.56 Å². The van der Waals surface area contributed by atoms with Crippen LogP contribution in [0.25, 0.3) is 11.2 Å². The summed E-state index contributed by atoms with van der Waals surface area (Å²) in [4.78, 5) is 20.4. The van der Waals surface area contributed by atoms with Crippen molar-refractivity contribution in [2.75, 3.05) is 20.1 Å². The first kappa shape index (κ1) is 29.6. The molecule has 0 spiro atoms. The van der Waals surface area contributed by atoms with Gasteiger partial charge in [0.15, 0.2) is 11.2 Å². The van der Waals surface area contributed by atoms with Crippen molar-refractivity contribution in [3.63, 3.8) is 0 Å². The Labute approximate surface area is 250 Å². The third-order valence-electron chi connectivity index (χ3n) is 8.64. The van der Waals surface area contributed by atoms with E-state index >= 15 is 0 Å². The van der Waals surface area contributed by atoms with Gasteiger partial charge in [-0.05, 0) is 55.5 Å². The summed E-state index contributed by atoms with van der Waals surface area (Å²) < 4.78 is 57.7. The number of sulfonamides is 2. The summed E-state index contributed by atoms with van der Waals surface area (Å²) in [5, 5.41) is 8.14. The lowest BCUT2D eigenvalue weighted by Crippen LogP contribution is -2.39. The lowest BCUT2D eigenvalue weighted by atomic mass is 9.96. The lowest BCUT2D eigenvalue weighted by Gasteiger charge is -2.31. The number of hydrogen-bond donors (Lipinski definition) is 1. The number of fused-ring (bicyclic) bond motifs is 1. The Balaban J connectivity index is 1.15. The highest BCUT2D eigenvalue weighted by Crippen LogP contribution is 2.31. The van der Waals surface area contributed by atoms with E-state index in [4.69, 9.17) is 4.98 Å². The number of hydrogen-bond acceptors (Lipinski definition) is 8. The minimum atomic E-state index is -3.84. The highest BCUT2D eigenvalue weighted by atomic mass is 32.2. The van der Waals surface area contributed by atoms with Crippen LogP contribution in [-0.4, -0.2) is 76.6 Å². The minimum Gasteiger partial charge on any atom is -0.308 e. The highest BCUT2D eigenvalue weighted by molar-refractivity contribution is 7.89. The van der Waals surface area contributed by atoms with E-state index in [-0.39, 0.29) is 45.9 Å². The van der Waals surface area contributed by atoms with E-state index in [0.29, 0.717) is 30.9 Å². The molecule has 0 bridgehead atoms. The van der Waals surface area contributed by atoms with Gasteiger partial charge in [0, 0.05) is 32.1 Å². The molecule has 0 unspecified atom stereocenters. The Morgan fingerprint density at radius 3 is 2.21 bits per heavy atom. The van der Waals surface area contributed by atoms with Gasteiger partial charge in [0.05, 0.1) is 16.3 Å². The number of nitrogens with one attached hydrogen (secondary N) is 1. The van der Waals surface area contributed by atoms with Crippen LogP contribution in [0.15, 0.2) is 69.2 Å². The van der Waals surface area contributed by atoms with Crippen molar-refractivity contribution in [1.29, 1.82) is 0 Å². The highest BCUT2D eigenvalue weighted by Gasteiger charge is 2.33. The number of benzene rings is 2. The smallest absolute Gasteiger partial charge is 0.281 e. The molecule has 0 amide bonds. The Kier molecular flexibility index (Phi) is 8.20. The molecular formula is C29H35N7O5S2. The van der Waals surface area contributed by atoms with E-state index in [2.05, 4.69) is 15.3 Å². The largest absolute Gasteiger partial charge is 0.308 e. The van der Waals surface area contributed by atoms with Crippen molar-refractivity contribution >= 4 is 31.2 Å². The topological polar surface area (TPSA) is 151 Å². The normalized spacial score (nSPS) is 18.0. The Morgan fingerprint density at radius 2 is 1.53 bits per heavy atom. The summed E-state index contributed by atoms with van der Waals surface area (Å²) in [7, 11) is -5.95. The first-order valence-corrected chi connectivity index (χ1v) is 17.5. The van der Waals surface area contributed by atoms with E-state index < -0.39 is 20.0 Å². The summed E-state index contributed by atoms with van der Waals surface area (Å²) in [5.74, 6) is 0.342. The first-order chi connectivity index (χ1) is 20.6. The maximum Gasteiger partial charge on any atom is 0.281 e. The quantitative estimate of drug-likeness (QED) is 0.314. The molecule has 6 rings (SSSR count). The molecule has 4 aromatic rings. The first-order valence-electron chi connectivity index (χ1n) is 14.6. The van der Waals surface area contributed by atoms with Crippen LogP contribution in [0.4, 0.5) is 0 Å². The van der Waals surface area contributed by atoms with Crippen molar-refractivity contribution in [3.05, 3.63) is 76.3 Å². The van der Waals surface area contributed by atoms with Gasteiger partial charge in [0.1, 0.15) is 5.82 Å². The van der Waals surface area contributed by atoms with Gasteiger partial charge < -0.3 is 4.98 Å². The van der Waals surface area contributed by atoms with Crippen LogP contribution in [0, 0.1) is 0 Å². The predicted octanol–water partition coefficient (Wildman–Crippen LogP) is 3.08. The fourth-order valence-electron chi connectivity index (χ4n) is 6.05. The second-order valence-corrected chi connectivity index (χ2v) is 15.3. The monoisotopic (exact) mass is 625 g/mol. The third-order valence-corrected chi connectivity index (χ3v) is 12.5. The fraction of sp³-hybridized carbons (Fsp3) is 0.448. The second kappa shape index (κ2) is 11.9. The van der Waals surface area contributed by atoms with Gasteiger partial charge in [-0.2, -0.15) is 8.61 Å². The van der Waals surface area contributed by atoms with Gasteiger partial charge in [-0.25, -0.2) is 26.5 Å². The van der Waals surface area contributed by atoms with Crippen LogP contribution in [-0.2, 0) is 26.6 Å². The second-order valence-electron chi connectivity index (χ2n) is 11.3. The molecule has 2 aromatic carbocycles. The van der Waals surface area contributed by atoms with Crippen molar-refractivity contribution in [2.24, 2.45) is 0 Å². The number of aromatic nitrogens is 5. The molecule has 2 fully saturated rings. The zero-order chi connectivity index (χ0) is 30.2. The third kappa shape index (κ3) is 5.88. The number of H-pyrrole nitrogens is 1. The van der Waals surface area contributed by atoms with Crippen LogP contribution in [0.2, 0.25) is 0 Å². The lowest BCUT2D eigenvalue weighted by molar-refractivity contribution is 0.286. The van der Waals surface area contributed by atoms with E-state index in [1.54, 1.807) is 11.7 Å². The van der Waals surface area contributed by atoms with E-state index in [9.17, 15) is 21.6 Å². The maximum absolute atomic E-state index is 13.5. The van der Waals surface area contributed by atoms with E-state index in [0.717, 1.165) is 37.7 Å². The van der Waals surface area contributed by atoms with Crippen molar-refractivity contribution < 1.29 is 16.8 Å². The SMILES string of the molecule is CN(C1CCCCC1)S(=O)(=O)c1ccc(S(=O)(=O)N2CCC(c3nc4c(nnn4Cc4ccccc4)c(=O)[nH]3)CC2)cc1. The van der Waals surface area contributed by atoms with Crippen LogP contribution in [0.1, 0.15) is 62.3 Å². The maximum atomic E-state index is 13.5. The van der Waals surface area contributed by atoms with Gasteiger partial charge in [-0.1, -0.05) is 54.8 Å². The fourth-order valence-corrected chi connectivity index (χ4v) is 8.93. The van der Waals surface area contributed by atoms with Crippen LogP contribution in [0.5, 0.6) is 0 Å². The van der Waals surface area contributed by atoms with Crippen molar-refractivity contribution in [2.45, 2.75) is 73.2 Å². The molecule has 1 saturated heterocycles. The van der Waals surface area contributed by atoms with Gasteiger partial charge >= 0.3 is 0 Å². The molecule has 12 nitrogen and oxygen atoms in total. The standard InChI is InChI=1S/C29H35N7O5S2/c1-34(23-10-6-3-7-11-23)42(38,39)24-12-14-25(15-13-24)43(40,41)35-18-16-22(17-19-35)27-30-28-26(29(37)31-27)32-33-36(28)20-21-8-4-2-5-9-21/h2,4-5,8-9,12-15,22-23H,3,6-7,10-11,16-20H2,1H3,(H,30,31,37). The molecule has 3 heterocycles. The van der Waals surface area contributed by atoms with E-state index in [1.165, 1.54) is 32.9 Å². The van der Waals surface area contributed by atoms with Gasteiger partial charge in [-0.3, -0.25) is 4.79 Å². The molecule has 43 heavy (non-hydrogen) atoms. The molecule has 1 saturated carbocycles. The summed E-state index contributed by atoms with van der Waals surface area (Å²) in [6, 6.07) is 15.2. The Hall–Kier alpha value is -3.46. The van der Waals surface area contributed by atoms with Gasteiger partial charge in [0.2, 0.25) is 20.0 Å². The summed E-state index contributed by atoms with van der Waals surface area (Å²) in [6.07, 6.45) is 5.74. The zero-order valence-electron chi connectivity index (χ0n) is 24.0. The molecule has 1 aliphatic carbocycles. The Bertz CT molecular complexity index is 1860. The zero-order valence-corrected chi connectivity index (χ0v) is 25.6. The van der Waals surface area contributed by atoms with Crippen molar-refractivity contribution in [1.82, 2.24) is 33.6 Å². The number of aromatic amines is 1. The number of rotatable bonds is 8. The molecular weight excluding hydrogens is 590 g/mol. The Morgan fingerprint density at radius 1 is 0.884 bits per heavy atom. The molecule has 0 radical (unpaired) electrons. The minimum absolute atomic E-state index is 0.0331. The average molecular weight is 626 g/mol. The van der Waals surface area contributed by atoms with Crippen LogP contribution in [0.3, 0.4) is 0 Å². The number of nitrogens with zero attached hydrogens (tertiary/aromatic N) is 6. The molecule has 1 N–H and O–H groups in total.